The van der Waals surface area contributed by atoms with Crippen LogP contribution in [0.5, 0.6) is 0 Å². The normalized spacial score (nSPS) is 47.5. The fraction of sp³-hybridized carbons (Fsp3) is 0.907. The number of hydrogen-bond acceptors (Lipinski definition) is 7. The Morgan fingerprint density at radius 1 is 0.827 bits per heavy atom. The molecule has 0 radical (unpaired) electrons. The third-order valence-electron chi connectivity index (χ3n) is 18.5. The van der Waals surface area contributed by atoms with Crippen LogP contribution in [0.1, 0.15) is 126 Å². The van der Waals surface area contributed by atoms with Gasteiger partial charge in [0.2, 0.25) is 0 Å². The molecule has 0 aromatic heterocycles. The fourth-order valence-corrected chi connectivity index (χ4v) is 16.3. The summed E-state index contributed by atoms with van der Waals surface area (Å²) in [6, 6.07) is 0. The van der Waals surface area contributed by atoms with Crippen LogP contribution in [0, 0.1) is 68.5 Å². The average molecular weight is 743 g/mol. The number of rotatable bonds is 8. The highest BCUT2D eigenvalue weighted by molar-refractivity contribution is 7.91. The minimum absolute atomic E-state index is 0.128. The van der Waals surface area contributed by atoms with E-state index in [-0.39, 0.29) is 56.7 Å². The van der Waals surface area contributed by atoms with Gasteiger partial charge in [-0.1, -0.05) is 60.6 Å². The Hall–Kier alpha value is -1.45. The van der Waals surface area contributed by atoms with Gasteiger partial charge in [-0.2, -0.15) is 0 Å². The first-order valence-corrected chi connectivity index (χ1v) is 22.7. The lowest BCUT2D eigenvalue weighted by Crippen LogP contribution is -2.69. The molecule has 294 valence electrons. The molecule has 0 spiro atoms. The number of ether oxygens (including phenoxy) is 1. The minimum atomic E-state index is -2.87. The van der Waals surface area contributed by atoms with E-state index in [1.807, 2.05) is 13.8 Å². The van der Waals surface area contributed by atoms with Gasteiger partial charge in [0, 0.05) is 37.1 Å². The molecule has 0 aromatic rings. The maximum Gasteiger partial charge on any atom is 0.309 e. The molecular formula is C43H70N2O6S. The van der Waals surface area contributed by atoms with Crippen molar-refractivity contribution in [3.8, 4) is 0 Å². The number of hydrogen-bond donors (Lipinski definition) is 2. The standard InChI is InChI=1S/C43H70N2O6S/c1-27(2)28-12-17-43(44-20-21-45-22-24-52(49,50)25-23-45)19-18-41(8)29(35(28)43)10-11-33-40(7)15-14-34(39(5,6)32(40)13-16-42(33,41)9)51-37(48)31-26-30(36(46)47)38(31,3)4/h28-35,44H,1,10-26H2,2-9H3,(H,46,47)/t28-,29+,30-,31+,32-,33+,34-,35+,40-,41+,42+,43-/m0/s1. The van der Waals surface area contributed by atoms with Crippen LogP contribution in [-0.2, 0) is 24.2 Å². The lowest BCUT2D eigenvalue weighted by atomic mass is 9.32. The first-order chi connectivity index (χ1) is 24.1. The molecule has 7 aliphatic rings. The molecule has 7 fully saturated rings. The number of sulfone groups is 1. The molecule has 0 amide bonds. The Morgan fingerprint density at radius 2 is 1.52 bits per heavy atom. The molecule has 0 aromatic carbocycles. The highest BCUT2D eigenvalue weighted by Crippen LogP contribution is 2.76. The van der Waals surface area contributed by atoms with E-state index in [4.69, 9.17) is 4.74 Å². The number of carbonyl (C=O) groups is 2. The first-order valence-electron chi connectivity index (χ1n) is 20.9. The molecule has 1 aliphatic heterocycles. The number of nitrogens with one attached hydrogen (secondary N) is 1. The van der Waals surface area contributed by atoms with Crippen LogP contribution in [-0.4, -0.2) is 79.7 Å². The molecule has 1 saturated heterocycles. The van der Waals surface area contributed by atoms with Gasteiger partial charge >= 0.3 is 11.9 Å². The van der Waals surface area contributed by atoms with Gasteiger partial charge in [-0.05, 0) is 129 Å². The van der Waals surface area contributed by atoms with Crippen molar-refractivity contribution in [3.05, 3.63) is 12.2 Å². The zero-order chi connectivity index (χ0) is 37.9. The van der Waals surface area contributed by atoms with Crippen molar-refractivity contribution in [3.63, 3.8) is 0 Å². The Bertz CT molecular complexity index is 1560. The van der Waals surface area contributed by atoms with Gasteiger partial charge in [0.05, 0.1) is 23.3 Å². The van der Waals surface area contributed by atoms with E-state index in [1.165, 1.54) is 50.5 Å². The second-order valence-corrected chi connectivity index (χ2v) is 23.4. The topological polar surface area (TPSA) is 113 Å². The summed E-state index contributed by atoms with van der Waals surface area (Å²) in [6.45, 7) is 26.5. The van der Waals surface area contributed by atoms with Crippen LogP contribution >= 0.6 is 0 Å². The quantitative estimate of drug-likeness (QED) is 0.196. The highest BCUT2D eigenvalue weighted by atomic mass is 32.2. The average Bonchev–Trinajstić information content (AvgIpc) is 3.43. The van der Waals surface area contributed by atoms with Crippen molar-refractivity contribution in [1.82, 2.24) is 10.2 Å². The summed E-state index contributed by atoms with van der Waals surface area (Å²) in [6.07, 6.45) is 12.0. The molecule has 0 bridgehead atoms. The summed E-state index contributed by atoms with van der Waals surface area (Å²) in [5, 5.41) is 13.8. The van der Waals surface area contributed by atoms with E-state index in [1.54, 1.807) is 0 Å². The number of carbonyl (C=O) groups excluding carboxylic acids is 1. The van der Waals surface area contributed by atoms with Crippen LogP contribution in [0.3, 0.4) is 0 Å². The predicted octanol–water partition coefficient (Wildman–Crippen LogP) is 7.38. The van der Waals surface area contributed by atoms with Crippen molar-refractivity contribution in [1.29, 1.82) is 0 Å². The van der Waals surface area contributed by atoms with Gasteiger partial charge in [0.1, 0.15) is 6.10 Å². The molecule has 7 rings (SSSR count). The zero-order valence-electron chi connectivity index (χ0n) is 33.7. The van der Waals surface area contributed by atoms with Gasteiger partial charge in [-0.15, -0.1) is 0 Å². The summed E-state index contributed by atoms with van der Waals surface area (Å²) in [4.78, 5) is 27.7. The van der Waals surface area contributed by atoms with Gasteiger partial charge < -0.3 is 20.1 Å². The Balaban J connectivity index is 1.08. The number of allylic oxidation sites excluding steroid dienone is 1. The number of fused-ring (bicyclic) bond motifs is 7. The molecular weight excluding hydrogens is 673 g/mol. The van der Waals surface area contributed by atoms with E-state index < -0.39 is 27.1 Å². The predicted molar refractivity (Wildman–Crippen MR) is 205 cm³/mol. The maximum absolute atomic E-state index is 13.6. The molecule has 6 aliphatic carbocycles. The van der Waals surface area contributed by atoms with Gasteiger partial charge in [0.15, 0.2) is 9.84 Å². The monoisotopic (exact) mass is 742 g/mol. The first kappa shape index (κ1) is 38.8. The zero-order valence-corrected chi connectivity index (χ0v) is 34.5. The summed E-state index contributed by atoms with van der Waals surface area (Å²) in [5.41, 5.74) is 1.40. The fourth-order valence-electron chi connectivity index (χ4n) is 15.0. The molecule has 1 heterocycles. The van der Waals surface area contributed by atoms with Gasteiger partial charge in [-0.3, -0.25) is 9.59 Å². The van der Waals surface area contributed by atoms with Crippen molar-refractivity contribution >= 4 is 21.8 Å². The SMILES string of the molecule is C=C(C)[C@@H]1CC[C@]2(NCCN3CCS(=O)(=O)CC3)CC[C@]3(C)[C@H](CC[C@@H]4[C@@]5(C)CC[C@H](OC(=O)[C@H]6C[C@@H](C(=O)O)C6(C)C)C(C)(C)[C@@H]5CC[C@]43C)[C@@H]12. The second kappa shape index (κ2) is 12.8. The van der Waals surface area contributed by atoms with Crippen LogP contribution < -0.4 is 5.32 Å². The largest absolute Gasteiger partial charge is 0.481 e. The van der Waals surface area contributed by atoms with Gasteiger partial charge in [-0.25, -0.2) is 8.42 Å². The number of aliphatic carboxylic acids is 1. The Kier molecular flexibility index (Phi) is 9.55. The van der Waals surface area contributed by atoms with Crippen LogP contribution in [0.4, 0.5) is 0 Å². The highest BCUT2D eigenvalue weighted by Gasteiger charge is 2.71. The summed E-state index contributed by atoms with van der Waals surface area (Å²) >= 11 is 0. The molecule has 9 heteroatoms. The number of carboxylic acid groups (broad SMARTS) is 1. The lowest BCUT2D eigenvalue weighted by Gasteiger charge is -2.73. The van der Waals surface area contributed by atoms with Crippen molar-refractivity contribution in [2.45, 2.75) is 138 Å². The van der Waals surface area contributed by atoms with E-state index >= 15 is 0 Å². The van der Waals surface area contributed by atoms with Gasteiger partial charge in [0.25, 0.3) is 0 Å². The second-order valence-electron chi connectivity index (χ2n) is 21.0. The van der Waals surface area contributed by atoms with Crippen molar-refractivity contribution < 1.29 is 27.9 Å². The summed E-state index contributed by atoms with van der Waals surface area (Å²) in [5.74, 6) is 1.59. The molecule has 52 heavy (non-hydrogen) atoms. The molecule has 2 N–H and O–H groups in total. The Labute approximate surface area is 315 Å². The van der Waals surface area contributed by atoms with Crippen molar-refractivity contribution in [2.24, 2.45) is 68.5 Å². The van der Waals surface area contributed by atoms with E-state index in [9.17, 15) is 23.1 Å². The summed E-state index contributed by atoms with van der Waals surface area (Å²) < 4.78 is 30.5. The van der Waals surface area contributed by atoms with E-state index in [2.05, 4.69) is 58.3 Å². The smallest absolute Gasteiger partial charge is 0.309 e. The third-order valence-corrected chi connectivity index (χ3v) is 20.1. The van der Waals surface area contributed by atoms with E-state index in [0.29, 0.717) is 49.1 Å². The van der Waals surface area contributed by atoms with Crippen LogP contribution in [0.2, 0.25) is 0 Å². The molecule has 12 atom stereocenters. The molecule has 0 unspecified atom stereocenters. The maximum atomic E-state index is 13.6. The van der Waals surface area contributed by atoms with E-state index in [0.717, 1.165) is 32.4 Å². The van der Waals surface area contributed by atoms with Crippen LogP contribution in [0.25, 0.3) is 0 Å². The lowest BCUT2D eigenvalue weighted by molar-refractivity contribution is -0.248. The molecule has 6 saturated carbocycles. The molecule has 8 nitrogen and oxygen atoms in total. The Morgan fingerprint density at radius 3 is 2.15 bits per heavy atom. The summed E-state index contributed by atoms with van der Waals surface area (Å²) in [7, 11) is -2.87. The number of carboxylic acids is 1. The van der Waals surface area contributed by atoms with Crippen LogP contribution in [0.15, 0.2) is 12.2 Å². The number of nitrogens with zero attached hydrogens (tertiary/aromatic N) is 1. The minimum Gasteiger partial charge on any atom is -0.481 e. The number of esters is 1. The van der Waals surface area contributed by atoms with Crippen molar-refractivity contribution in [2.75, 3.05) is 37.7 Å². The third kappa shape index (κ3) is 5.72.